The molecule has 6 nitrogen and oxygen atoms in total. The lowest BCUT2D eigenvalue weighted by Crippen LogP contribution is -2.42. The van der Waals surface area contributed by atoms with E-state index in [0.717, 1.165) is 44.9 Å². The number of ether oxygens (including phenoxy) is 2. The third-order valence-electron chi connectivity index (χ3n) is 5.34. The first-order chi connectivity index (χ1) is 12.5. The van der Waals surface area contributed by atoms with Crippen molar-refractivity contribution in [2.24, 2.45) is 5.41 Å². The van der Waals surface area contributed by atoms with Crippen LogP contribution in [0.3, 0.4) is 0 Å². The van der Waals surface area contributed by atoms with Gasteiger partial charge in [0.15, 0.2) is 0 Å². The topological polar surface area (TPSA) is 76.7 Å². The van der Waals surface area contributed by atoms with Gasteiger partial charge in [-0.15, -0.1) is 0 Å². The maximum Gasteiger partial charge on any atom is 0.231 e. The summed E-state index contributed by atoms with van der Waals surface area (Å²) < 4.78 is 10.5. The van der Waals surface area contributed by atoms with Crippen molar-refractivity contribution >= 4 is 17.5 Å². The van der Waals surface area contributed by atoms with Crippen molar-refractivity contribution in [3.05, 3.63) is 18.2 Å². The fourth-order valence-corrected chi connectivity index (χ4v) is 3.67. The molecule has 0 radical (unpaired) electrons. The van der Waals surface area contributed by atoms with Crippen molar-refractivity contribution in [3.8, 4) is 11.5 Å². The van der Waals surface area contributed by atoms with Gasteiger partial charge in [0.1, 0.15) is 11.5 Å². The third-order valence-corrected chi connectivity index (χ3v) is 5.34. The maximum atomic E-state index is 13.2. The summed E-state index contributed by atoms with van der Waals surface area (Å²) in [5.41, 5.74) is -0.00757. The Morgan fingerprint density at radius 1 is 1.04 bits per heavy atom. The Balaban J connectivity index is 1.75. The first kappa shape index (κ1) is 18.5. The van der Waals surface area contributed by atoms with E-state index in [-0.39, 0.29) is 18.2 Å². The number of hydrogen-bond donors (Lipinski definition) is 2. The van der Waals surface area contributed by atoms with Gasteiger partial charge in [-0.05, 0) is 25.7 Å². The Morgan fingerprint density at radius 3 is 2.19 bits per heavy atom. The first-order valence-electron chi connectivity index (χ1n) is 9.38. The zero-order valence-electron chi connectivity index (χ0n) is 15.6. The highest BCUT2D eigenvalue weighted by molar-refractivity contribution is 5.98. The Hall–Kier alpha value is -2.24. The van der Waals surface area contributed by atoms with Gasteiger partial charge in [0.25, 0.3) is 0 Å². The molecule has 0 atom stereocenters. The van der Waals surface area contributed by atoms with Crippen LogP contribution in [0.25, 0.3) is 0 Å². The van der Waals surface area contributed by atoms with Crippen LogP contribution in [0, 0.1) is 5.41 Å². The predicted molar refractivity (Wildman–Crippen MR) is 99.5 cm³/mol. The molecule has 2 aliphatic carbocycles. The Bertz CT molecular complexity index is 642. The van der Waals surface area contributed by atoms with Crippen LogP contribution in [0.1, 0.15) is 51.4 Å². The van der Waals surface area contributed by atoms with Crippen LogP contribution in [-0.4, -0.2) is 32.1 Å². The van der Waals surface area contributed by atoms with Crippen LogP contribution in [0.15, 0.2) is 18.2 Å². The number of methoxy groups -OCH3 is 2. The molecule has 0 saturated heterocycles. The molecule has 26 heavy (non-hydrogen) atoms. The second kappa shape index (κ2) is 7.98. The second-order valence-corrected chi connectivity index (χ2v) is 7.42. The Morgan fingerprint density at radius 2 is 1.65 bits per heavy atom. The van der Waals surface area contributed by atoms with Gasteiger partial charge in [-0.3, -0.25) is 9.59 Å². The van der Waals surface area contributed by atoms with Gasteiger partial charge < -0.3 is 20.1 Å². The standard InChI is InChI=1S/C20H28N2O4/c1-25-16-10-15(11-17(12-16)26-2)22-19(24)20(8-4-3-5-9-20)13-18(23)21-14-6-7-14/h10-12,14H,3-9,13H2,1-2H3,(H,21,23)(H,22,24). The van der Waals surface area contributed by atoms with Crippen LogP contribution < -0.4 is 20.1 Å². The molecule has 2 amide bonds. The zero-order chi connectivity index (χ0) is 18.6. The zero-order valence-corrected chi connectivity index (χ0v) is 15.6. The molecule has 0 aromatic heterocycles. The van der Waals surface area contributed by atoms with Crippen molar-refractivity contribution < 1.29 is 19.1 Å². The second-order valence-electron chi connectivity index (χ2n) is 7.42. The third kappa shape index (κ3) is 4.48. The van der Waals surface area contributed by atoms with Crippen molar-refractivity contribution in [3.63, 3.8) is 0 Å². The SMILES string of the molecule is COc1cc(NC(=O)C2(CC(=O)NC3CC3)CCCCC2)cc(OC)c1. The van der Waals surface area contributed by atoms with Gasteiger partial charge in [0.2, 0.25) is 11.8 Å². The van der Waals surface area contributed by atoms with Gasteiger partial charge in [-0.1, -0.05) is 19.3 Å². The molecule has 0 spiro atoms. The molecule has 1 aromatic carbocycles. The number of rotatable bonds is 7. The van der Waals surface area contributed by atoms with Gasteiger partial charge in [0, 0.05) is 36.3 Å². The van der Waals surface area contributed by atoms with E-state index in [1.54, 1.807) is 32.4 Å². The summed E-state index contributed by atoms with van der Waals surface area (Å²) in [5.74, 6) is 1.14. The van der Waals surface area contributed by atoms with Crippen molar-refractivity contribution in [1.29, 1.82) is 0 Å². The molecule has 2 N–H and O–H groups in total. The lowest BCUT2D eigenvalue weighted by Gasteiger charge is -2.35. The van der Waals surface area contributed by atoms with Crippen LogP contribution >= 0.6 is 0 Å². The van der Waals surface area contributed by atoms with Crippen LogP contribution in [0.4, 0.5) is 5.69 Å². The summed E-state index contributed by atoms with van der Waals surface area (Å²) in [5, 5.41) is 6.02. The highest BCUT2D eigenvalue weighted by Gasteiger charge is 2.42. The van der Waals surface area contributed by atoms with Crippen LogP contribution in [0.5, 0.6) is 11.5 Å². The smallest absolute Gasteiger partial charge is 0.231 e. The van der Waals surface area contributed by atoms with E-state index < -0.39 is 5.41 Å². The molecule has 3 rings (SSSR count). The van der Waals surface area contributed by atoms with Gasteiger partial charge in [-0.2, -0.15) is 0 Å². The van der Waals surface area contributed by atoms with E-state index in [9.17, 15) is 9.59 Å². The largest absolute Gasteiger partial charge is 0.497 e. The number of carbonyl (C=O) groups excluding carboxylic acids is 2. The van der Waals surface area contributed by atoms with Crippen molar-refractivity contribution in [1.82, 2.24) is 5.32 Å². The summed E-state index contributed by atoms with van der Waals surface area (Å²) in [6.07, 6.45) is 6.93. The Labute approximate surface area is 154 Å². The van der Waals surface area contributed by atoms with E-state index >= 15 is 0 Å². The minimum Gasteiger partial charge on any atom is -0.497 e. The summed E-state index contributed by atoms with van der Waals surface area (Å²) >= 11 is 0. The monoisotopic (exact) mass is 360 g/mol. The maximum absolute atomic E-state index is 13.2. The molecule has 2 aliphatic rings. The molecule has 142 valence electrons. The minimum atomic E-state index is -0.631. The summed E-state index contributed by atoms with van der Waals surface area (Å²) in [6.45, 7) is 0. The number of anilines is 1. The summed E-state index contributed by atoms with van der Waals surface area (Å²) in [7, 11) is 3.15. The van der Waals surface area contributed by atoms with E-state index in [0.29, 0.717) is 23.2 Å². The average Bonchev–Trinajstić information content (AvgIpc) is 3.45. The molecule has 6 heteroatoms. The van der Waals surface area contributed by atoms with E-state index in [4.69, 9.17) is 9.47 Å². The number of benzene rings is 1. The molecular formula is C20H28N2O4. The lowest BCUT2D eigenvalue weighted by molar-refractivity contribution is -0.134. The summed E-state index contributed by atoms with van der Waals surface area (Å²) in [4.78, 5) is 25.5. The number of hydrogen-bond acceptors (Lipinski definition) is 4. The number of carbonyl (C=O) groups is 2. The summed E-state index contributed by atoms with van der Waals surface area (Å²) in [6, 6.07) is 5.60. The van der Waals surface area contributed by atoms with Crippen LogP contribution in [-0.2, 0) is 9.59 Å². The fourth-order valence-electron chi connectivity index (χ4n) is 3.67. The highest BCUT2D eigenvalue weighted by atomic mass is 16.5. The first-order valence-corrected chi connectivity index (χ1v) is 9.38. The average molecular weight is 360 g/mol. The molecule has 1 aromatic rings. The number of nitrogens with one attached hydrogen (secondary N) is 2. The van der Waals surface area contributed by atoms with Crippen LogP contribution in [0.2, 0.25) is 0 Å². The van der Waals surface area contributed by atoms with E-state index in [1.165, 1.54) is 0 Å². The van der Waals surface area contributed by atoms with Gasteiger partial charge >= 0.3 is 0 Å². The van der Waals surface area contributed by atoms with E-state index in [1.807, 2.05) is 0 Å². The quantitative estimate of drug-likeness (QED) is 0.782. The predicted octanol–water partition coefficient (Wildman–Crippen LogP) is 3.26. The van der Waals surface area contributed by atoms with Gasteiger partial charge in [0.05, 0.1) is 19.6 Å². The molecule has 0 bridgehead atoms. The minimum absolute atomic E-state index is 0.00669. The van der Waals surface area contributed by atoms with Crippen molar-refractivity contribution in [2.45, 2.75) is 57.4 Å². The highest BCUT2D eigenvalue weighted by Crippen LogP contribution is 2.41. The fraction of sp³-hybridized carbons (Fsp3) is 0.600. The molecule has 0 aliphatic heterocycles. The molecular weight excluding hydrogens is 332 g/mol. The molecule has 2 saturated carbocycles. The van der Waals surface area contributed by atoms with Gasteiger partial charge in [-0.25, -0.2) is 0 Å². The Kier molecular flexibility index (Phi) is 5.69. The van der Waals surface area contributed by atoms with Crippen molar-refractivity contribution in [2.75, 3.05) is 19.5 Å². The lowest BCUT2D eigenvalue weighted by atomic mass is 9.70. The molecule has 0 unspecified atom stereocenters. The number of amides is 2. The molecule has 0 heterocycles. The van der Waals surface area contributed by atoms with E-state index in [2.05, 4.69) is 10.6 Å². The molecule has 2 fully saturated rings. The normalized spacial score (nSPS) is 18.7.